The molecule has 0 saturated carbocycles. The van der Waals surface area contributed by atoms with Crippen LogP contribution in [0.5, 0.6) is 5.75 Å². The van der Waals surface area contributed by atoms with Gasteiger partial charge >= 0.3 is 6.61 Å². The first-order chi connectivity index (χ1) is 16.1. The number of piperidine rings is 1. The molecule has 0 aromatic heterocycles. The molecular formula is C22H25F2N3O6S. The lowest BCUT2D eigenvalue weighted by Crippen LogP contribution is -2.43. The Balaban J connectivity index is 1.67. The van der Waals surface area contributed by atoms with Crippen LogP contribution in [-0.4, -0.2) is 63.5 Å². The number of nitrogens with one attached hydrogen (secondary N) is 1. The second-order valence-corrected chi connectivity index (χ2v) is 9.51. The summed E-state index contributed by atoms with van der Waals surface area (Å²) in [7, 11) is -1.32. The van der Waals surface area contributed by atoms with E-state index < -0.39 is 28.5 Å². The molecule has 1 atom stereocenters. The molecule has 0 radical (unpaired) electrons. The minimum absolute atomic E-state index is 0.00156. The van der Waals surface area contributed by atoms with E-state index in [1.807, 2.05) is 0 Å². The number of amides is 2. The Labute approximate surface area is 196 Å². The molecule has 1 aliphatic rings. The molecule has 12 heteroatoms. The van der Waals surface area contributed by atoms with Crippen molar-refractivity contribution in [2.75, 3.05) is 32.6 Å². The van der Waals surface area contributed by atoms with Gasteiger partial charge in [0.25, 0.3) is 15.9 Å². The number of halogens is 2. The van der Waals surface area contributed by atoms with Crippen molar-refractivity contribution in [2.45, 2.75) is 24.3 Å². The minimum atomic E-state index is -3.81. The Kier molecular flexibility index (Phi) is 8.18. The molecule has 2 aromatic carbocycles. The highest BCUT2D eigenvalue weighted by Gasteiger charge is 2.30. The van der Waals surface area contributed by atoms with Gasteiger partial charge in [-0.25, -0.2) is 8.42 Å². The van der Waals surface area contributed by atoms with Crippen LogP contribution in [0.4, 0.5) is 14.5 Å². The van der Waals surface area contributed by atoms with Gasteiger partial charge in [-0.1, -0.05) is 16.6 Å². The van der Waals surface area contributed by atoms with E-state index in [1.165, 1.54) is 61.5 Å². The molecule has 0 spiro atoms. The average Bonchev–Trinajstić information content (AvgIpc) is 2.83. The third-order valence-corrected chi connectivity index (χ3v) is 7.12. The van der Waals surface area contributed by atoms with Gasteiger partial charge in [-0.05, 0) is 49.2 Å². The summed E-state index contributed by atoms with van der Waals surface area (Å²) in [4.78, 5) is 31.9. The number of likely N-dealkylation sites (tertiary alicyclic amines) is 1. The van der Waals surface area contributed by atoms with E-state index >= 15 is 0 Å². The molecule has 9 nitrogen and oxygen atoms in total. The van der Waals surface area contributed by atoms with Gasteiger partial charge in [0, 0.05) is 25.8 Å². The highest BCUT2D eigenvalue weighted by Crippen LogP contribution is 2.26. The van der Waals surface area contributed by atoms with E-state index in [0.717, 1.165) is 4.47 Å². The highest BCUT2D eigenvalue weighted by atomic mass is 32.2. The van der Waals surface area contributed by atoms with E-state index in [-0.39, 0.29) is 28.7 Å². The molecule has 2 amide bonds. The lowest BCUT2D eigenvalue weighted by Gasteiger charge is -2.32. The summed E-state index contributed by atoms with van der Waals surface area (Å²) in [5.74, 6) is -1.57. The largest absolute Gasteiger partial charge is 0.434 e. The summed E-state index contributed by atoms with van der Waals surface area (Å²) in [5.41, 5.74) is 0.393. The van der Waals surface area contributed by atoms with Gasteiger partial charge in [0.2, 0.25) is 5.91 Å². The molecule has 2 aromatic rings. The van der Waals surface area contributed by atoms with Crippen LogP contribution in [0.15, 0.2) is 53.4 Å². The van der Waals surface area contributed by atoms with Gasteiger partial charge in [-0.2, -0.15) is 8.78 Å². The number of hydroxylamine groups is 1. The van der Waals surface area contributed by atoms with Crippen molar-refractivity contribution in [2.24, 2.45) is 5.92 Å². The Hall–Kier alpha value is -3.09. The van der Waals surface area contributed by atoms with Crippen LogP contribution in [0.1, 0.15) is 23.2 Å². The fourth-order valence-corrected chi connectivity index (χ4v) is 4.56. The fourth-order valence-electron chi connectivity index (χ4n) is 3.59. The number of hydrogen-bond donors (Lipinski definition) is 1. The zero-order valence-corrected chi connectivity index (χ0v) is 19.4. The molecule has 1 fully saturated rings. The molecule has 0 aliphatic carbocycles. The zero-order chi connectivity index (χ0) is 24.9. The number of carbonyl (C=O) groups is 2. The Bertz CT molecular complexity index is 1130. The van der Waals surface area contributed by atoms with Crippen molar-refractivity contribution < 1.29 is 36.4 Å². The number of sulfonamides is 1. The summed E-state index contributed by atoms with van der Waals surface area (Å²) in [5, 5.41) is 2.73. The standard InChI is InChI=1S/C22H25F2N3O6S/c1-26(32-2)34(30,31)17-11-9-16(10-12-17)25-20(28)15-6-5-13-27(14-15)21(29)18-7-3-4-8-19(18)33-22(23)24/h3-4,7-12,15,22H,5-6,13-14H2,1-2H3,(H,25,28). The van der Waals surface area contributed by atoms with Gasteiger partial charge in [0.15, 0.2) is 0 Å². The number of rotatable bonds is 8. The second kappa shape index (κ2) is 10.9. The smallest absolute Gasteiger partial charge is 0.387 e. The quantitative estimate of drug-likeness (QED) is 0.563. The predicted octanol–water partition coefficient (Wildman–Crippen LogP) is 2.96. The molecule has 1 heterocycles. The van der Waals surface area contributed by atoms with E-state index in [9.17, 15) is 26.8 Å². The van der Waals surface area contributed by atoms with E-state index in [4.69, 9.17) is 4.84 Å². The summed E-state index contributed by atoms with van der Waals surface area (Å²) in [6.45, 7) is -2.57. The number of carbonyl (C=O) groups excluding carboxylic acids is 2. The highest BCUT2D eigenvalue weighted by molar-refractivity contribution is 7.89. The molecule has 1 N–H and O–H groups in total. The molecule has 1 saturated heterocycles. The van der Waals surface area contributed by atoms with Gasteiger partial charge in [0.1, 0.15) is 5.75 Å². The molecule has 184 valence electrons. The fraction of sp³-hybridized carbons (Fsp3) is 0.364. The third kappa shape index (κ3) is 5.88. The Morgan fingerprint density at radius 3 is 2.47 bits per heavy atom. The van der Waals surface area contributed by atoms with Crippen LogP contribution in [0, 0.1) is 5.92 Å². The Morgan fingerprint density at radius 2 is 1.82 bits per heavy atom. The average molecular weight is 498 g/mol. The molecular weight excluding hydrogens is 472 g/mol. The number of benzene rings is 2. The van der Waals surface area contributed by atoms with Crippen molar-refractivity contribution >= 4 is 27.5 Å². The third-order valence-electron chi connectivity index (χ3n) is 5.43. The summed E-state index contributed by atoms with van der Waals surface area (Å²) >= 11 is 0. The SMILES string of the molecule is CON(C)S(=O)(=O)c1ccc(NC(=O)C2CCCN(C(=O)c3ccccc3OC(F)F)C2)cc1. The lowest BCUT2D eigenvalue weighted by molar-refractivity contribution is -0.121. The number of hydrogen-bond acceptors (Lipinski definition) is 6. The molecule has 34 heavy (non-hydrogen) atoms. The van der Waals surface area contributed by atoms with E-state index in [1.54, 1.807) is 6.07 Å². The Morgan fingerprint density at radius 1 is 1.15 bits per heavy atom. The van der Waals surface area contributed by atoms with Crippen LogP contribution in [0.25, 0.3) is 0 Å². The summed E-state index contributed by atoms with van der Waals surface area (Å²) < 4.78 is 55.1. The van der Waals surface area contributed by atoms with Crippen molar-refractivity contribution in [3.05, 3.63) is 54.1 Å². The van der Waals surface area contributed by atoms with Gasteiger partial charge in [0.05, 0.1) is 23.5 Å². The van der Waals surface area contributed by atoms with Crippen molar-refractivity contribution in [3.8, 4) is 5.75 Å². The summed E-state index contributed by atoms with van der Waals surface area (Å²) in [6.07, 6.45) is 1.10. The first kappa shape index (κ1) is 25.5. The van der Waals surface area contributed by atoms with Crippen LogP contribution in [0.3, 0.4) is 0 Å². The number of nitrogens with zero attached hydrogens (tertiary/aromatic N) is 2. The van der Waals surface area contributed by atoms with Crippen LogP contribution < -0.4 is 10.1 Å². The summed E-state index contributed by atoms with van der Waals surface area (Å²) in [6, 6.07) is 11.3. The predicted molar refractivity (Wildman–Crippen MR) is 119 cm³/mol. The van der Waals surface area contributed by atoms with E-state index in [2.05, 4.69) is 10.1 Å². The first-order valence-electron chi connectivity index (χ1n) is 10.4. The maximum Gasteiger partial charge on any atom is 0.387 e. The molecule has 1 unspecified atom stereocenters. The lowest BCUT2D eigenvalue weighted by atomic mass is 9.96. The number of anilines is 1. The van der Waals surface area contributed by atoms with Crippen molar-refractivity contribution in [1.29, 1.82) is 0 Å². The maximum absolute atomic E-state index is 12.9. The minimum Gasteiger partial charge on any atom is -0.434 e. The van der Waals surface area contributed by atoms with E-state index in [0.29, 0.717) is 25.1 Å². The van der Waals surface area contributed by atoms with Crippen LogP contribution >= 0.6 is 0 Å². The van der Waals surface area contributed by atoms with Crippen LogP contribution in [0.2, 0.25) is 0 Å². The van der Waals surface area contributed by atoms with Crippen molar-refractivity contribution in [3.63, 3.8) is 0 Å². The number of para-hydroxylation sites is 1. The van der Waals surface area contributed by atoms with Gasteiger partial charge in [-0.15, -0.1) is 0 Å². The maximum atomic E-state index is 12.9. The topological polar surface area (TPSA) is 105 Å². The number of alkyl halides is 2. The second-order valence-electron chi connectivity index (χ2n) is 7.58. The van der Waals surface area contributed by atoms with Crippen molar-refractivity contribution in [1.82, 2.24) is 9.37 Å². The molecule has 1 aliphatic heterocycles. The normalized spacial score (nSPS) is 16.5. The van der Waals surface area contributed by atoms with Crippen LogP contribution in [-0.2, 0) is 19.7 Å². The number of ether oxygens (including phenoxy) is 1. The van der Waals surface area contributed by atoms with Gasteiger partial charge < -0.3 is 15.0 Å². The van der Waals surface area contributed by atoms with Gasteiger partial charge in [-0.3, -0.25) is 14.4 Å². The molecule has 0 bridgehead atoms. The monoisotopic (exact) mass is 497 g/mol. The molecule has 3 rings (SSSR count). The zero-order valence-electron chi connectivity index (χ0n) is 18.6. The first-order valence-corrected chi connectivity index (χ1v) is 11.8.